The van der Waals surface area contributed by atoms with Crippen molar-refractivity contribution >= 4 is 11.8 Å². The Balaban J connectivity index is 1.88. The number of nitrogens with one attached hydrogen (secondary N) is 1. The van der Waals surface area contributed by atoms with E-state index in [1.807, 2.05) is 12.2 Å². The van der Waals surface area contributed by atoms with Crippen LogP contribution in [0.25, 0.3) is 0 Å². The van der Waals surface area contributed by atoms with Crippen molar-refractivity contribution in [1.82, 2.24) is 5.32 Å². The monoisotopic (exact) mass is 204 g/mol. The Morgan fingerprint density at radius 1 is 1.53 bits per heavy atom. The largest absolute Gasteiger partial charge is 0.480 e. The predicted molar refractivity (Wildman–Crippen MR) is 55.4 cm³/mol. The van der Waals surface area contributed by atoms with Crippen LogP contribution >= 0.6 is 0 Å². The van der Waals surface area contributed by atoms with Gasteiger partial charge in [-0.25, -0.2) is 9.79 Å². The number of rotatable bonds is 1. The maximum absolute atomic E-state index is 10.8. The number of hydrogen-bond donors (Lipinski definition) is 2. The number of allylic oxidation sites excluding steroid dienone is 4. The van der Waals surface area contributed by atoms with Gasteiger partial charge in [0, 0.05) is 17.5 Å². The molecule has 2 N–H and O–H groups in total. The molecule has 0 amide bonds. The Bertz CT molecular complexity index is 409. The molecule has 2 heterocycles. The van der Waals surface area contributed by atoms with Crippen LogP contribution in [-0.4, -0.2) is 23.0 Å². The third kappa shape index (κ3) is 1.21. The first-order valence-electron chi connectivity index (χ1n) is 5.20. The molecule has 1 fully saturated rings. The Morgan fingerprint density at radius 3 is 3.20 bits per heavy atom. The van der Waals surface area contributed by atoms with E-state index in [0.717, 1.165) is 18.0 Å². The van der Waals surface area contributed by atoms with Crippen LogP contribution in [0.3, 0.4) is 0 Å². The van der Waals surface area contributed by atoms with Gasteiger partial charge in [-0.15, -0.1) is 0 Å². The zero-order valence-electron chi connectivity index (χ0n) is 8.18. The van der Waals surface area contributed by atoms with Crippen molar-refractivity contribution in [2.45, 2.75) is 18.9 Å². The van der Waals surface area contributed by atoms with Gasteiger partial charge in [-0.3, -0.25) is 0 Å². The smallest absolute Gasteiger partial charge is 0.326 e. The van der Waals surface area contributed by atoms with Crippen molar-refractivity contribution in [3.05, 3.63) is 23.9 Å². The normalized spacial score (nSPS) is 36.4. The highest BCUT2D eigenvalue weighted by Crippen LogP contribution is 2.40. The average Bonchev–Trinajstić information content (AvgIpc) is 2.73. The van der Waals surface area contributed by atoms with Crippen molar-refractivity contribution in [3.8, 4) is 0 Å². The van der Waals surface area contributed by atoms with Gasteiger partial charge in [0.2, 0.25) is 0 Å². The second kappa shape index (κ2) is 2.95. The van der Waals surface area contributed by atoms with Crippen LogP contribution in [0.2, 0.25) is 0 Å². The maximum atomic E-state index is 10.8. The van der Waals surface area contributed by atoms with Crippen molar-refractivity contribution in [2.24, 2.45) is 16.8 Å². The third-order valence-corrected chi connectivity index (χ3v) is 3.37. The van der Waals surface area contributed by atoms with E-state index in [-0.39, 0.29) is 0 Å². The van der Waals surface area contributed by atoms with E-state index in [1.165, 1.54) is 0 Å². The zero-order chi connectivity index (χ0) is 10.4. The highest BCUT2D eigenvalue weighted by Gasteiger charge is 2.43. The first kappa shape index (κ1) is 8.71. The molecule has 1 aliphatic carbocycles. The molecule has 2 aliphatic heterocycles. The van der Waals surface area contributed by atoms with Gasteiger partial charge in [-0.1, -0.05) is 12.2 Å². The highest BCUT2D eigenvalue weighted by molar-refractivity contribution is 5.95. The van der Waals surface area contributed by atoms with Crippen LogP contribution in [0.1, 0.15) is 12.8 Å². The second-order valence-corrected chi connectivity index (χ2v) is 4.24. The van der Waals surface area contributed by atoms with Gasteiger partial charge in [0.1, 0.15) is 11.9 Å². The van der Waals surface area contributed by atoms with Gasteiger partial charge >= 0.3 is 5.97 Å². The van der Waals surface area contributed by atoms with E-state index < -0.39 is 12.0 Å². The molecular weight excluding hydrogens is 192 g/mol. The molecule has 15 heavy (non-hydrogen) atoms. The third-order valence-electron chi connectivity index (χ3n) is 3.37. The maximum Gasteiger partial charge on any atom is 0.326 e. The van der Waals surface area contributed by atoms with E-state index in [1.54, 1.807) is 0 Å². The topological polar surface area (TPSA) is 61.7 Å². The van der Waals surface area contributed by atoms with Gasteiger partial charge in [-0.05, 0) is 18.9 Å². The van der Waals surface area contributed by atoms with E-state index in [0.29, 0.717) is 18.3 Å². The van der Waals surface area contributed by atoms with Crippen molar-refractivity contribution < 1.29 is 9.90 Å². The fourth-order valence-electron chi connectivity index (χ4n) is 2.61. The summed E-state index contributed by atoms with van der Waals surface area (Å²) in [6.45, 7) is 0. The lowest BCUT2D eigenvalue weighted by atomic mass is 9.85. The molecule has 3 aliphatic rings. The number of carboxylic acids is 1. The molecule has 0 saturated carbocycles. The number of nitrogens with zero attached hydrogens (tertiary/aromatic N) is 1. The minimum atomic E-state index is -0.774. The number of carbonyl (C=O) groups is 1. The molecule has 4 heteroatoms. The van der Waals surface area contributed by atoms with E-state index in [9.17, 15) is 4.79 Å². The SMILES string of the molecule is O=C(O)C1CC2C(=NC3=CC=CCC32)N1. The van der Waals surface area contributed by atoms with E-state index >= 15 is 0 Å². The fraction of sp³-hybridized carbons (Fsp3) is 0.455. The molecular formula is C11H12N2O2. The number of hydrogen-bond acceptors (Lipinski definition) is 3. The summed E-state index contributed by atoms with van der Waals surface area (Å²) in [5, 5.41) is 11.9. The zero-order valence-corrected chi connectivity index (χ0v) is 8.18. The molecule has 0 aromatic carbocycles. The Hall–Kier alpha value is -1.58. The van der Waals surface area contributed by atoms with Gasteiger partial charge in [-0.2, -0.15) is 0 Å². The molecule has 0 bridgehead atoms. The molecule has 0 aromatic heterocycles. The van der Waals surface area contributed by atoms with Crippen LogP contribution in [0.5, 0.6) is 0 Å². The number of carboxylic acid groups (broad SMARTS) is 1. The molecule has 0 aromatic rings. The van der Waals surface area contributed by atoms with Crippen LogP contribution in [-0.2, 0) is 4.79 Å². The lowest BCUT2D eigenvalue weighted by Crippen LogP contribution is -2.32. The van der Waals surface area contributed by atoms with Crippen LogP contribution < -0.4 is 5.32 Å². The molecule has 3 unspecified atom stereocenters. The van der Waals surface area contributed by atoms with E-state index in [4.69, 9.17) is 5.11 Å². The summed E-state index contributed by atoms with van der Waals surface area (Å²) in [5.41, 5.74) is 1.11. The molecule has 0 radical (unpaired) electrons. The Labute approximate surface area is 87.4 Å². The average molecular weight is 204 g/mol. The van der Waals surface area contributed by atoms with Gasteiger partial charge in [0.15, 0.2) is 0 Å². The summed E-state index contributed by atoms with van der Waals surface area (Å²) in [6, 6.07) is -0.443. The summed E-state index contributed by atoms with van der Waals surface area (Å²) < 4.78 is 0. The summed E-state index contributed by atoms with van der Waals surface area (Å²) in [4.78, 5) is 15.3. The van der Waals surface area contributed by atoms with Crippen LogP contribution in [0.15, 0.2) is 28.9 Å². The molecule has 78 valence electrons. The standard InChI is InChI=1S/C11H12N2O2/c14-11(15)9-5-7-6-3-1-2-4-8(6)12-10(7)13-9/h1-2,4,6-7,9H,3,5H2,(H,12,13)(H,14,15). The van der Waals surface area contributed by atoms with Crippen LogP contribution in [0.4, 0.5) is 0 Å². The second-order valence-electron chi connectivity index (χ2n) is 4.24. The van der Waals surface area contributed by atoms with Crippen LogP contribution in [0, 0.1) is 11.8 Å². The molecule has 3 rings (SSSR count). The molecule has 0 spiro atoms. The minimum Gasteiger partial charge on any atom is -0.480 e. The number of fused-ring (bicyclic) bond motifs is 3. The highest BCUT2D eigenvalue weighted by atomic mass is 16.4. The first-order chi connectivity index (χ1) is 7.25. The Kier molecular flexibility index (Phi) is 1.71. The summed E-state index contributed by atoms with van der Waals surface area (Å²) in [6.07, 6.45) is 7.82. The number of aliphatic carboxylic acids is 1. The first-order valence-corrected chi connectivity index (χ1v) is 5.20. The fourth-order valence-corrected chi connectivity index (χ4v) is 2.61. The number of amidine groups is 1. The minimum absolute atomic E-state index is 0.294. The van der Waals surface area contributed by atoms with E-state index in [2.05, 4.69) is 16.4 Å². The quantitative estimate of drug-likeness (QED) is 0.667. The lowest BCUT2D eigenvalue weighted by Gasteiger charge is -2.17. The molecule has 4 nitrogen and oxygen atoms in total. The summed E-state index contributed by atoms with van der Waals surface area (Å²) >= 11 is 0. The number of aliphatic imine (C=N–C) groups is 1. The van der Waals surface area contributed by atoms with Crippen molar-refractivity contribution in [3.63, 3.8) is 0 Å². The van der Waals surface area contributed by atoms with Gasteiger partial charge in [0.25, 0.3) is 0 Å². The molecule has 3 atom stereocenters. The predicted octanol–water partition coefficient (Wildman–Crippen LogP) is 0.921. The summed E-state index contributed by atoms with van der Waals surface area (Å²) in [7, 11) is 0. The Morgan fingerprint density at radius 2 is 2.40 bits per heavy atom. The molecule has 1 saturated heterocycles. The van der Waals surface area contributed by atoms with Crippen molar-refractivity contribution in [1.29, 1.82) is 0 Å². The van der Waals surface area contributed by atoms with Crippen molar-refractivity contribution in [2.75, 3.05) is 0 Å². The van der Waals surface area contributed by atoms with Gasteiger partial charge < -0.3 is 10.4 Å². The summed E-state index contributed by atoms with van der Waals surface area (Å²) in [5.74, 6) is 0.801. The van der Waals surface area contributed by atoms with Gasteiger partial charge in [0.05, 0.1) is 0 Å². The lowest BCUT2D eigenvalue weighted by molar-refractivity contribution is -0.139.